The molecule has 0 aromatic heterocycles. The van der Waals surface area contributed by atoms with Gasteiger partial charge in [-0.1, -0.05) is 71.8 Å². The first-order chi connectivity index (χ1) is 21.1. The lowest BCUT2D eigenvalue weighted by Crippen LogP contribution is -2.53. The molecule has 0 heterocycles. The van der Waals surface area contributed by atoms with Gasteiger partial charge in [-0.2, -0.15) is 0 Å². The smallest absolute Gasteiger partial charge is 0.264 e. The number of nitrogens with zero attached hydrogens (tertiary/aromatic N) is 2. The molecule has 4 aromatic carbocycles. The fourth-order valence-electron chi connectivity index (χ4n) is 4.79. The molecule has 1 atom stereocenters. The van der Waals surface area contributed by atoms with Gasteiger partial charge in [-0.25, -0.2) is 8.42 Å². The van der Waals surface area contributed by atoms with Crippen LogP contribution in [0.1, 0.15) is 23.6 Å². The van der Waals surface area contributed by atoms with Crippen molar-refractivity contribution in [1.29, 1.82) is 0 Å². The summed E-state index contributed by atoms with van der Waals surface area (Å²) in [5.41, 5.74) is 2.80. The SMILES string of the molecule is CCOc1ccc(S(=O)(=O)N(CC(=O)N(Cc2cccc(Cl)c2)[C@@H](Cc2ccccc2)C(=O)NC)c2ccc(C)cc2)cc1. The maximum Gasteiger partial charge on any atom is 0.264 e. The molecule has 1 N–H and O–H groups in total. The molecule has 0 aliphatic heterocycles. The zero-order chi connectivity index (χ0) is 31.7. The Morgan fingerprint density at radius 3 is 2.16 bits per heavy atom. The molecule has 10 heteroatoms. The number of anilines is 1. The zero-order valence-corrected chi connectivity index (χ0v) is 26.5. The van der Waals surface area contributed by atoms with E-state index in [4.69, 9.17) is 16.3 Å². The van der Waals surface area contributed by atoms with Crippen LogP contribution in [-0.4, -0.2) is 51.4 Å². The van der Waals surface area contributed by atoms with E-state index in [0.717, 1.165) is 15.4 Å². The number of halogens is 1. The predicted molar refractivity (Wildman–Crippen MR) is 173 cm³/mol. The van der Waals surface area contributed by atoms with E-state index in [1.54, 1.807) is 54.6 Å². The van der Waals surface area contributed by atoms with Crippen LogP contribution in [0.15, 0.2) is 108 Å². The lowest BCUT2D eigenvalue weighted by atomic mass is 10.0. The fraction of sp³-hybridized carbons (Fsp3) is 0.235. The second kappa shape index (κ2) is 14.9. The molecule has 4 aromatic rings. The number of rotatable bonds is 13. The third-order valence-electron chi connectivity index (χ3n) is 7.08. The molecule has 0 bridgehead atoms. The highest BCUT2D eigenvalue weighted by Gasteiger charge is 2.34. The van der Waals surface area contributed by atoms with Crippen molar-refractivity contribution in [2.45, 2.75) is 37.8 Å². The van der Waals surface area contributed by atoms with Gasteiger partial charge < -0.3 is 15.0 Å². The average molecular weight is 634 g/mol. The van der Waals surface area contributed by atoms with E-state index in [1.807, 2.05) is 50.2 Å². The predicted octanol–water partition coefficient (Wildman–Crippen LogP) is 5.63. The van der Waals surface area contributed by atoms with Crippen LogP contribution in [-0.2, 0) is 32.6 Å². The molecule has 0 saturated carbocycles. The van der Waals surface area contributed by atoms with Crippen LogP contribution in [0, 0.1) is 6.92 Å². The van der Waals surface area contributed by atoms with Gasteiger partial charge in [-0.05, 0) is 73.5 Å². The number of likely N-dealkylation sites (N-methyl/N-ethyl adjacent to an activating group) is 1. The molecule has 0 aliphatic carbocycles. The lowest BCUT2D eigenvalue weighted by molar-refractivity contribution is -0.139. The summed E-state index contributed by atoms with van der Waals surface area (Å²) in [7, 11) is -2.70. The number of aryl methyl sites for hydroxylation is 1. The summed E-state index contributed by atoms with van der Waals surface area (Å²) in [4.78, 5) is 29.1. The van der Waals surface area contributed by atoms with E-state index in [0.29, 0.717) is 28.6 Å². The quantitative estimate of drug-likeness (QED) is 0.206. The van der Waals surface area contributed by atoms with Gasteiger partial charge in [0.1, 0.15) is 18.3 Å². The zero-order valence-electron chi connectivity index (χ0n) is 24.9. The van der Waals surface area contributed by atoms with Crippen LogP contribution in [0.2, 0.25) is 5.02 Å². The molecule has 0 saturated heterocycles. The molecular formula is C34H36ClN3O5S. The highest BCUT2D eigenvalue weighted by molar-refractivity contribution is 7.92. The Kier molecular flexibility index (Phi) is 11.0. The summed E-state index contributed by atoms with van der Waals surface area (Å²) in [6, 6.07) is 28.4. The number of hydrogen-bond donors (Lipinski definition) is 1. The Morgan fingerprint density at radius 1 is 0.886 bits per heavy atom. The van der Waals surface area contributed by atoms with Gasteiger partial charge in [0.25, 0.3) is 10.0 Å². The van der Waals surface area contributed by atoms with E-state index < -0.39 is 28.5 Å². The number of carbonyl (C=O) groups is 2. The van der Waals surface area contributed by atoms with E-state index in [-0.39, 0.29) is 23.8 Å². The van der Waals surface area contributed by atoms with Crippen LogP contribution < -0.4 is 14.4 Å². The lowest BCUT2D eigenvalue weighted by Gasteiger charge is -2.33. The Bertz CT molecular complexity index is 1660. The summed E-state index contributed by atoms with van der Waals surface area (Å²) >= 11 is 6.26. The third-order valence-corrected chi connectivity index (χ3v) is 9.11. The largest absolute Gasteiger partial charge is 0.494 e. The second-order valence-corrected chi connectivity index (χ2v) is 12.5. The topological polar surface area (TPSA) is 96.0 Å². The minimum atomic E-state index is -4.21. The van der Waals surface area contributed by atoms with Gasteiger partial charge >= 0.3 is 0 Å². The van der Waals surface area contributed by atoms with Gasteiger partial charge in [0, 0.05) is 25.0 Å². The molecule has 230 valence electrons. The van der Waals surface area contributed by atoms with Gasteiger partial charge in [-0.15, -0.1) is 0 Å². The first-order valence-electron chi connectivity index (χ1n) is 14.2. The monoisotopic (exact) mass is 633 g/mol. The summed E-state index contributed by atoms with van der Waals surface area (Å²) < 4.78 is 34.8. The molecule has 0 spiro atoms. The van der Waals surface area contributed by atoms with Gasteiger partial charge in [-0.3, -0.25) is 13.9 Å². The minimum Gasteiger partial charge on any atom is -0.494 e. The van der Waals surface area contributed by atoms with Crippen LogP contribution in [0.3, 0.4) is 0 Å². The fourth-order valence-corrected chi connectivity index (χ4v) is 6.42. The van der Waals surface area contributed by atoms with Crippen molar-refractivity contribution in [3.8, 4) is 5.75 Å². The Labute approximate surface area is 264 Å². The van der Waals surface area contributed by atoms with Crippen molar-refractivity contribution in [2.24, 2.45) is 0 Å². The molecule has 44 heavy (non-hydrogen) atoms. The number of carbonyl (C=O) groups excluding carboxylic acids is 2. The normalized spacial score (nSPS) is 11.8. The molecular weight excluding hydrogens is 598 g/mol. The second-order valence-electron chi connectivity index (χ2n) is 10.2. The first-order valence-corrected chi connectivity index (χ1v) is 16.1. The van der Waals surface area contributed by atoms with Crippen LogP contribution in [0.5, 0.6) is 5.75 Å². The first kappa shape index (κ1) is 32.6. The number of sulfonamides is 1. The summed E-state index contributed by atoms with van der Waals surface area (Å²) in [6.07, 6.45) is 0.225. The van der Waals surface area contributed by atoms with Gasteiger partial charge in [0.05, 0.1) is 17.2 Å². The Hall–Kier alpha value is -4.34. The Balaban J connectivity index is 1.77. The van der Waals surface area contributed by atoms with E-state index in [9.17, 15) is 18.0 Å². The molecule has 0 aliphatic rings. The summed E-state index contributed by atoms with van der Waals surface area (Å²) in [5.74, 6) is -0.392. The molecule has 0 unspecified atom stereocenters. The molecule has 0 fully saturated rings. The maximum atomic E-state index is 14.3. The van der Waals surface area contributed by atoms with Crippen molar-refractivity contribution >= 4 is 39.1 Å². The minimum absolute atomic E-state index is 0.00264. The molecule has 4 rings (SSSR count). The summed E-state index contributed by atoms with van der Waals surface area (Å²) in [5, 5.41) is 3.16. The van der Waals surface area contributed by atoms with Crippen LogP contribution >= 0.6 is 11.6 Å². The molecule has 2 amide bonds. The van der Waals surface area contributed by atoms with E-state index >= 15 is 0 Å². The van der Waals surface area contributed by atoms with Gasteiger partial charge in [0.2, 0.25) is 11.8 Å². The van der Waals surface area contributed by atoms with Crippen LogP contribution in [0.25, 0.3) is 0 Å². The number of benzene rings is 4. The van der Waals surface area contributed by atoms with Crippen molar-refractivity contribution in [3.05, 3.63) is 125 Å². The number of amides is 2. The Morgan fingerprint density at radius 2 is 1.55 bits per heavy atom. The van der Waals surface area contributed by atoms with Crippen molar-refractivity contribution in [3.63, 3.8) is 0 Å². The van der Waals surface area contributed by atoms with E-state index in [2.05, 4.69) is 5.32 Å². The third kappa shape index (κ3) is 8.18. The van der Waals surface area contributed by atoms with Crippen molar-refractivity contribution in [1.82, 2.24) is 10.2 Å². The number of hydrogen-bond acceptors (Lipinski definition) is 5. The summed E-state index contributed by atoms with van der Waals surface area (Å²) in [6.45, 7) is 3.67. The van der Waals surface area contributed by atoms with Crippen LogP contribution in [0.4, 0.5) is 5.69 Å². The highest BCUT2D eigenvalue weighted by atomic mass is 35.5. The maximum absolute atomic E-state index is 14.3. The van der Waals surface area contributed by atoms with Crippen molar-refractivity contribution in [2.75, 3.05) is 24.5 Å². The number of ether oxygens (including phenoxy) is 1. The highest BCUT2D eigenvalue weighted by Crippen LogP contribution is 2.27. The average Bonchev–Trinajstić information content (AvgIpc) is 3.02. The number of nitrogens with one attached hydrogen (secondary N) is 1. The van der Waals surface area contributed by atoms with Crippen molar-refractivity contribution < 1.29 is 22.7 Å². The molecule has 0 radical (unpaired) electrons. The van der Waals surface area contributed by atoms with Gasteiger partial charge in [0.15, 0.2) is 0 Å². The van der Waals surface area contributed by atoms with E-state index in [1.165, 1.54) is 24.1 Å². The molecule has 8 nitrogen and oxygen atoms in total. The standard InChI is InChI=1S/C34H36ClN3O5S/c1-4-43-30-17-19-31(20-18-30)44(41,42)38(29-15-13-25(2)14-16-29)24-33(39)37(23-27-11-8-12-28(35)21-27)32(34(40)36-3)22-26-9-6-5-7-10-26/h5-21,32H,4,22-24H2,1-3H3,(H,36,40)/t32-/m0/s1.